The van der Waals surface area contributed by atoms with E-state index in [-0.39, 0.29) is 17.1 Å². The molecule has 21 heavy (non-hydrogen) atoms. The van der Waals surface area contributed by atoms with Crippen molar-refractivity contribution in [2.75, 3.05) is 0 Å². The van der Waals surface area contributed by atoms with Crippen LogP contribution in [-0.4, -0.2) is 38.0 Å². The van der Waals surface area contributed by atoms with E-state index in [9.17, 15) is 5.11 Å². The van der Waals surface area contributed by atoms with Crippen molar-refractivity contribution in [3.63, 3.8) is 0 Å². The first-order valence-corrected chi connectivity index (χ1v) is 10.5. The molecule has 7 heteroatoms. The van der Waals surface area contributed by atoms with Crippen molar-refractivity contribution in [3.05, 3.63) is 10.4 Å². The van der Waals surface area contributed by atoms with Gasteiger partial charge in [0.05, 0.1) is 18.2 Å². The van der Waals surface area contributed by atoms with Gasteiger partial charge in [-0.3, -0.25) is 0 Å². The molecule has 0 radical (unpaired) electrons. The van der Waals surface area contributed by atoms with E-state index in [2.05, 4.69) is 43.9 Å². The lowest BCUT2D eigenvalue weighted by Gasteiger charge is -2.46. The summed E-state index contributed by atoms with van der Waals surface area (Å²) in [6, 6.07) is -0.498. The minimum atomic E-state index is -2.05. The summed E-state index contributed by atoms with van der Waals surface area (Å²) in [6.45, 7) is 14.6. The first-order chi connectivity index (χ1) is 9.55. The molecule has 0 aliphatic carbocycles. The number of aliphatic hydroxyl groups is 1. The first-order valence-electron chi connectivity index (χ1n) is 7.60. The molecular weight excluding hydrogens is 286 g/mol. The lowest BCUT2D eigenvalue weighted by Crippen LogP contribution is -2.57. The molecule has 0 aromatic heterocycles. The second-order valence-electron chi connectivity index (χ2n) is 7.37. The fourth-order valence-electron chi connectivity index (χ4n) is 2.24. The molecule has 6 nitrogen and oxygen atoms in total. The average molecular weight is 315 g/mol. The average Bonchev–Trinajstić information content (AvgIpc) is 2.36. The summed E-state index contributed by atoms with van der Waals surface area (Å²) < 4.78 is 12.2. The Morgan fingerprint density at radius 1 is 1.38 bits per heavy atom. The maximum atomic E-state index is 10.3. The van der Waals surface area contributed by atoms with Crippen LogP contribution in [0, 0.1) is 5.92 Å². The fourth-order valence-corrected chi connectivity index (χ4v) is 3.37. The SMILES string of the molecule is CCC1O[C@@H](O[Si](C)(C)C(C)(C)C)C(N=[N+]=[N-])[C@@H](C)[C@H]1O. The molecular formula is C14H29N3O3Si. The third kappa shape index (κ3) is 3.99. The Hall–Kier alpha value is -0.593. The smallest absolute Gasteiger partial charge is 0.195 e. The predicted molar refractivity (Wildman–Crippen MR) is 85.3 cm³/mol. The van der Waals surface area contributed by atoms with Gasteiger partial charge in [-0.2, -0.15) is 0 Å². The van der Waals surface area contributed by atoms with Gasteiger partial charge in [0.1, 0.15) is 0 Å². The maximum Gasteiger partial charge on any atom is 0.195 e. The Kier molecular flexibility index (Phi) is 5.86. The van der Waals surface area contributed by atoms with Crippen molar-refractivity contribution in [1.82, 2.24) is 0 Å². The normalized spacial score (nSPS) is 34.4. The molecule has 0 aromatic carbocycles. The second-order valence-corrected chi connectivity index (χ2v) is 12.1. The largest absolute Gasteiger partial charge is 0.392 e. The number of hydrogen-bond donors (Lipinski definition) is 1. The van der Waals surface area contributed by atoms with Gasteiger partial charge < -0.3 is 14.3 Å². The highest BCUT2D eigenvalue weighted by Gasteiger charge is 2.47. The van der Waals surface area contributed by atoms with Gasteiger partial charge in [-0.25, -0.2) is 0 Å². The second kappa shape index (κ2) is 6.67. The number of nitrogens with zero attached hydrogens (tertiary/aromatic N) is 3. The summed E-state index contributed by atoms with van der Waals surface area (Å²) in [5, 5.41) is 14.1. The third-order valence-electron chi connectivity index (χ3n) is 4.85. The molecule has 5 atom stereocenters. The van der Waals surface area contributed by atoms with Crippen molar-refractivity contribution in [1.29, 1.82) is 0 Å². The zero-order chi connectivity index (χ0) is 16.4. The van der Waals surface area contributed by atoms with Crippen molar-refractivity contribution < 1.29 is 14.3 Å². The van der Waals surface area contributed by atoms with Crippen molar-refractivity contribution in [3.8, 4) is 0 Å². The van der Waals surface area contributed by atoms with Crippen LogP contribution in [0.1, 0.15) is 41.0 Å². The van der Waals surface area contributed by atoms with E-state index in [0.29, 0.717) is 6.42 Å². The van der Waals surface area contributed by atoms with Gasteiger partial charge in [-0.1, -0.05) is 39.7 Å². The lowest BCUT2D eigenvalue weighted by atomic mass is 9.88. The van der Waals surface area contributed by atoms with Crippen LogP contribution in [0.25, 0.3) is 10.4 Å². The van der Waals surface area contributed by atoms with E-state index in [1.165, 1.54) is 0 Å². The van der Waals surface area contributed by atoms with Gasteiger partial charge in [0.25, 0.3) is 0 Å². The van der Waals surface area contributed by atoms with Gasteiger partial charge in [0.2, 0.25) is 0 Å². The highest BCUT2D eigenvalue weighted by atomic mass is 28.4. The molecule has 0 spiro atoms. The summed E-state index contributed by atoms with van der Waals surface area (Å²) in [7, 11) is -2.05. The number of rotatable bonds is 4. The molecule has 0 saturated carbocycles. The Bertz CT molecular complexity index is 405. The van der Waals surface area contributed by atoms with E-state index >= 15 is 0 Å². The lowest BCUT2D eigenvalue weighted by molar-refractivity contribution is -0.218. The molecule has 1 N–H and O–H groups in total. The molecule has 1 rings (SSSR count). The summed E-state index contributed by atoms with van der Waals surface area (Å²) >= 11 is 0. The zero-order valence-corrected chi connectivity index (χ0v) is 15.2. The highest BCUT2D eigenvalue weighted by molar-refractivity contribution is 6.74. The topological polar surface area (TPSA) is 87.5 Å². The van der Waals surface area contributed by atoms with Gasteiger partial charge in [-0.05, 0) is 36.0 Å². The minimum Gasteiger partial charge on any atom is -0.392 e. The fraction of sp³-hybridized carbons (Fsp3) is 1.00. The van der Waals surface area contributed by atoms with Crippen LogP contribution in [0.15, 0.2) is 5.11 Å². The van der Waals surface area contributed by atoms with Crippen molar-refractivity contribution >= 4 is 8.32 Å². The van der Waals surface area contributed by atoms with Gasteiger partial charge in [-0.15, -0.1) is 0 Å². The van der Waals surface area contributed by atoms with Crippen LogP contribution in [0.4, 0.5) is 0 Å². The number of ether oxygens (including phenoxy) is 1. The molecule has 122 valence electrons. The van der Waals surface area contributed by atoms with E-state index in [1.54, 1.807) is 0 Å². The summed E-state index contributed by atoms with van der Waals surface area (Å²) in [6.07, 6.45) is -0.791. The summed E-state index contributed by atoms with van der Waals surface area (Å²) in [5.41, 5.74) is 8.80. The summed E-state index contributed by atoms with van der Waals surface area (Å²) in [5.74, 6) is -0.186. The van der Waals surface area contributed by atoms with Gasteiger partial charge >= 0.3 is 0 Å². The zero-order valence-electron chi connectivity index (χ0n) is 14.2. The maximum absolute atomic E-state index is 10.3. The molecule has 1 heterocycles. The molecule has 0 aromatic rings. The number of hydrogen-bond acceptors (Lipinski definition) is 4. The Labute approximate surface area is 128 Å². The Morgan fingerprint density at radius 3 is 2.38 bits per heavy atom. The van der Waals surface area contributed by atoms with Crippen LogP contribution in [0.5, 0.6) is 0 Å². The molecule has 2 unspecified atom stereocenters. The first kappa shape index (κ1) is 18.5. The summed E-state index contributed by atoms with van der Waals surface area (Å²) in [4.78, 5) is 2.91. The van der Waals surface area contributed by atoms with E-state index in [4.69, 9.17) is 14.7 Å². The monoisotopic (exact) mass is 315 g/mol. The predicted octanol–water partition coefficient (Wildman–Crippen LogP) is 3.82. The Morgan fingerprint density at radius 2 is 1.95 bits per heavy atom. The van der Waals surface area contributed by atoms with Crippen LogP contribution in [0.3, 0.4) is 0 Å². The van der Waals surface area contributed by atoms with E-state index in [1.807, 2.05) is 13.8 Å². The van der Waals surface area contributed by atoms with Crippen LogP contribution < -0.4 is 0 Å². The molecule has 1 saturated heterocycles. The Balaban J connectivity index is 3.03. The van der Waals surface area contributed by atoms with E-state index < -0.39 is 26.8 Å². The van der Waals surface area contributed by atoms with Crippen molar-refractivity contribution in [2.24, 2.45) is 11.0 Å². The van der Waals surface area contributed by atoms with Crippen LogP contribution in [0.2, 0.25) is 18.1 Å². The van der Waals surface area contributed by atoms with Crippen LogP contribution in [-0.2, 0) is 9.16 Å². The third-order valence-corrected chi connectivity index (χ3v) is 9.28. The number of aliphatic hydroxyl groups excluding tert-OH is 1. The molecule has 0 amide bonds. The van der Waals surface area contributed by atoms with Crippen LogP contribution >= 0.6 is 0 Å². The highest BCUT2D eigenvalue weighted by Crippen LogP contribution is 2.40. The minimum absolute atomic E-state index is 0.0400. The molecule has 0 bridgehead atoms. The van der Waals surface area contributed by atoms with E-state index in [0.717, 1.165) is 0 Å². The van der Waals surface area contributed by atoms with Crippen molar-refractivity contribution in [2.45, 2.75) is 83.7 Å². The molecule has 1 aliphatic heterocycles. The van der Waals surface area contributed by atoms with Gasteiger partial charge in [0.15, 0.2) is 14.6 Å². The standard InChI is InChI=1S/C14H29N3O3Si/c1-8-10-12(18)9(2)11(16-17-15)13(19-10)20-21(6,7)14(3,4)5/h9-13,18H,8H2,1-7H3/t9-,10?,11?,12-,13+/m1/s1. The number of azide groups is 1. The molecule has 1 aliphatic rings. The molecule has 1 fully saturated rings. The van der Waals surface area contributed by atoms with Gasteiger partial charge in [0, 0.05) is 4.91 Å². The quantitative estimate of drug-likeness (QED) is 0.370.